The molecular weight excluding hydrogens is 254 g/mol. The van der Waals surface area contributed by atoms with Crippen LogP contribution in [0.1, 0.15) is 12.8 Å². The van der Waals surface area contributed by atoms with Gasteiger partial charge in [0.2, 0.25) is 10.0 Å². The van der Waals surface area contributed by atoms with Gasteiger partial charge >= 0.3 is 0 Å². The van der Waals surface area contributed by atoms with Crippen molar-refractivity contribution in [2.75, 3.05) is 18.1 Å². The molecule has 0 saturated heterocycles. The van der Waals surface area contributed by atoms with Gasteiger partial charge in [-0.25, -0.2) is 13.1 Å². The Morgan fingerprint density at radius 3 is 2.56 bits per heavy atom. The fourth-order valence-electron chi connectivity index (χ4n) is 1.88. The van der Waals surface area contributed by atoms with Crippen molar-refractivity contribution in [3.8, 4) is 0 Å². The number of nitrogen functional groups attached to an aromatic ring is 1. The quantitative estimate of drug-likeness (QED) is 0.582. The summed E-state index contributed by atoms with van der Waals surface area (Å²) in [6, 6.07) is 4.77. The van der Waals surface area contributed by atoms with Crippen LogP contribution >= 0.6 is 0 Å². The lowest BCUT2D eigenvalue weighted by Crippen LogP contribution is -2.39. The molecule has 0 heterocycles. The number of hydrogen-bond donors (Lipinski definition) is 4. The molecule has 0 atom stereocenters. The van der Waals surface area contributed by atoms with Gasteiger partial charge in [0.15, 0.2) is 0 Å². The van der Waals surface area contributed by atoms with Crippen LogP contribution < -0.4 is 15.8 Å². The highest BCUT2D eigenvalue weighted by Gasteiger charge is 2.27. The van der Waals surface area contributed by atoms with Gasteiger partial charge in [0.25, 0.3) is 0 Å². The van der Waals surface area contributed by atoms with Crippen LogP contribution in [0.15, 0.2) is 23.1 Å². The molecule has 0 aliphatic heterocycles. The number of hydrogen-bond acceptors (Lipinski definition) is 5. The van der Waals surface area contributed by atoms with Crippen LogP contribution in [0.4, 0.5) is 11.4 Å². The van der Waals surface area contributed by atoms with Crippen molar-refractivity contribution >= 4 is 21.4 Å². The van der Waals surface area contributed by atoms with E-state index in [0.717, 1.165) is 0 Å². The van der Waals surface area contributed by atoms with Gasteiger partial charge in [-0.05, 0) is 38.1 Å². The minimum atomic E-state index is -3.46. The van der Waals surface area contributed by atoms with Crippen LogP contribution in [-0.2, 0) is 10.0 Å². The molecular formula is C11H17N3O3S. The zero-order valence-electron chi connectivity index (χ0n) is 10.1. The summed E-state index contributed by atoms with van der Waals surface area (Å²) in [6.07, 6.45) is 1.14. The summed E-state index contributed by atoms with van der Waals surface area (Å²) in [4.78, 5) is 0.140. The predicted octanol–water partition coefficient (Wildman–Crippen LogP) is 0.112. The van der Waals surface area contributed by atoms with Crippen LogP contribution in [0.25, 0.3) is 0 Å². The van der Waals surface area contributed by atoms with Gasteiger partial charge in [-0.15, -0.1) is 0 Å². The number of benzene rings is 1. The van der Waals surface area contributed by atoms with Crippen molar-refractivity contribution in [3.05, 3.63) is 18.2 Å². The Kier molecular flexibility index (Phi) is 3.47. The number of aliphatic hydroxyl groups excluding tert-OH is 1. The summed E-state index contributed by atoms with van der Waals surface area (Å²) in [5.74, 6) is 0. The van der Waals surface area contributed by atoms with Gasteiger partial charge in [-0.1, -0.05) is 0 Å². The molecule has 1 fully saturated rings. The molecule has 0 spiro atoms. The maximum absolute atomic E-state index is 11.6. The third-order valence-corrected chi connectivity index (χ3v) is 4.49. The Hall–Kier alpha value is -1.31. The van der Waals surface area contributed by atoms with Crippen molar-refractivity contribution in [2.24, 2.45) is 0 Å². The smallest absolute Gasteiger partial charge is 0.240 e. The second-order valence-electron chi connectivity index (χ2n) is 4.42. The number of nitrogens with one attached hydrogen (secondary N) is 2. The summed E-state index contributed by atoms with van der Waals surface area (Å²) >= 11 is 0. The lowest BCUT2D eigenvalue weighted by Gasteiger charge is -2.33. The standard InChI is InChI=1S/C11H17N3O3S/c1-13-18(16,17)9-2-3-11(10(12)6-9)14-7-4-8(15)5-7/h2-3,6-8,13-15H,4-5,12H2,1H3. The Morgan fingerprint density at radius 1 is 1.39 bits per heavy atom. The first kappa shape index (κ1) is 13.1. The number of sulfonamides is 1. The minimum Gasteiger partial charge on any atom is -0.397 e. The lowest BCUT2D eigenvalue weighted by molar-refractivity contribution is 0.0837. The van der Waals surface area contributed by atoms with E-state index in [9.17, 15) is 13.5 Å². The molecule has 0 aromatic heterocycles. The number of nitrogens with two attached hydrogens (primary N) is 1. The van der Waals surface area contributed by atoms with Gasteiger partial charge in [0.05, 0.1) is 22.4 Å². The first-order valence-electron chi connectivity index (χ1n) is 5.70. The van der Waals surface area contributed by atoms with E-state index in [4.69, 9.17) is 5.73 Å². The molecule has 2 rings (SSSR count). The average Bonchev–Trinajstić information content (AvgIpc) is 2.29. The van der Waals surface area contributed by atoms with Crippen molar-refractivity contribution < 1.29 is 13.5 Å². The van der Waals surface area contributed by atoms with E-state index < -0.39 is 10.0 Å². The molecule has 18 heavy (non-hydrogen) atoms. The summed E-state index contributed by atoms with van der Waals surface area (Å²) in [7, 11) is -2.11. The molecule has 1 aliphatic rings. The van der Waals surface area contributed by atoms with Crippen molar-refractivity contribution in [3.63, 3.8) is 0 Å². The fourth-order valence-corrected chi connectivity index (χ4v) is 2.65. The molecule has 100 valence electrons. The van der Waals surface area contributed by atoms with Crippen molar-refractivity contribution in [1.82, 2.24) is 4.72 Å². The highest BCUT2D eigenvalue weighted by Crippen LogP contribution is 2.28. The van der Waals surface area contributed by atoms with Crippen LogP contribution in [0, 0.1) is 0 Å². The lowest BCUT2D eigenvalue weighted by atomic mass is 9.89. The summed E-state index contributed by atoms with van der Waals surface area (Å²) < 4.78 is 25.4. The Bertz CT molecular complexity index is 538. The zero-order chi connectivity index (χ0) is 13.3. The Balaban J connectivity index is 2.15. The second-order valence-corrected chi connectivity index (χ2v) is 6.31. The van der Waals surface area contributed by atoms with E-state index in [1.807, 2.05) is 0 Å². The largest absolute Gasteiger partial charge is 0.397 e. The molecule has 0 bridgehead atoms. The van der Waals surface area contributed by atoms with Crippen LogP contribution in [0.2, 0.25) is 0 Å². The van der Waals surface area contributed by atoms with Crippen LogP contribution in [-0.4, -0.2) is 32.7 Å². The van der Waals surface area contributed by atoms with Gasteiger partial charge in [-0.2, -0.15) is 0 Å². The predicted molar refractivity (Wildman–Crippen MR) is 69.8 cm³/mol. The molecule has 6 nitrogen and oxygen atoms in total. The van der Waals surface area contributed by atoms with Gasteiger partial charge in [0, 0.05) is 6.04 Å². The molecule has 1 aliphatic carbocycles. The van der Waals surface area contributed by atoms with Gasteiger partial charge in [0.1, 0.15) is 0 Å². The third-order valence-electron chi connectivity index (χ3n) is 3.07. The van der Waals surface area contributed by atoms with Crippen molar-refractivity contribution in [2.45, 2.75) is 29.9 Å². The highest BCUT2D eigenvalue weighted by molar-refractivity contribution is 7.89. The second kappa shape index (κ2) is 4.75. The Morgan fingerprint density at radius 2 is 2.06 bits per heavy atom. The molecule has 1 aromatic rings. The van der Waals surface area contributed by atoms with E-state index in [-0.39, 0.29) is 17.0 Å². The van der Waals surface area contributed by atoms with E-state index in [1.54, 1.807) is 6.07 Å². The minimum absolute atomic E-state index is 0.140. The molecule has 1 aromatic carbocycles. The maximum atomic E-state index is 11.6. The Labute approximate surface area is 106 Å². The molecule has 0 unspecified atom stereocenters. The van der Waals surface area contributed by atoms with Gasteiger partial charge in [-0.3, -0.25) is 0 Å². The average molecular weight is 271 g/mol. The highest BCUT2D eigenvalue weighted by atomic mass is 32.2. The third kappa shape index (κ3) is 2.58. The molecule has 0 radical (unpaired) electrons. The first-order chi connectivity index (χ1) is 8.42. The van der Waals surface area contributed by atoms with Crippen LogP contribution in [0.5, 0.6) is 0 Å². The maximum Gasteiger partial charge on any atom is 0.240 e. The fraction of sp³-hybridized carbons (Fsp3) is 0.455. The van der Waals surface area contributed by atoms with Gasteiger partial charge < -0.3 is 16.2 Å². The van der Waals surface area contributed by atoms with E-state index >= 15 is 0 Å². The van der Waals surface area contributed by atoms with E-state index in [2.05, 4.69) is 10.0 Å². The molecule has 5 N–H and O–H groups in total. The zero-order valence-corrected chi connectivity index (χ0v) is 10.9. The topological polar surface area (TPSA) is 104 Å². The van der Waals surface area contributed by atoms with Crippen molar-refractivity contribution in [1.29, 1.82) is 0 Å². The van der Waals surface area contributed by atoms with E-state index in [0.29, 0.717) is 24.2 Å². The molecule has 1 saturated carbocycles. The molecule has 0 amide bonds. The molecule has 7 heteroatoms. The number of rotatable bonds is 4. The summed E-state index contributed by atoms with van der Waals surface area (Å²) in [6.45, 7) is 0. The summed E-state index contributed by atoms with van der Waals surface area (Å²) in [5.41, 5.74) is 6.90. The number of anilines is 2. The monoisotopic (exact) mass is 271 g/mol. The van der Waals surface area contributed by atoms with E-state index in [1.165, 1.54) is 19.2 Å². The van der Waals surface area contributed by atoms with Crippen LogP contribution in [0.3, 0.4) is 0 Å². The SMILES string of the molecule is CNS(=O)(=O)c1ccc(NC2CC(O)C2)c(N)c1. The first-order valence-corrected chi connectivity index (χ1v) is 7.18. The number of aliphatic hydroxyl groups is 1. The summed E-state index contributed by atoms with van der Waals surface area (Å²) in [5, 5.41) is 12.4. The normalized spacial score (nSPS) is 23.4.